The van der Waals surface area contributed by atoms with Crippen LogP contribution in [0, 0.1) is 17.0 Å². The van der Waals surface area contributed by atoms with Gasteiger partial charge in [-0.25, -0.2) is 9.48 Å². The van der Waals surface area contributed by atoms with Crippen LogP contribution in [0.1, 0.15) is 16.2 Å². The van der Waals surface area contributed by atoms with Crippen LogP contribution < -0.4 is 4.74 Å². The third-order valence-corrected chi connectivity index (χ3v) is 2.71. The van der Waals surface area contributed by atoms with Crippen molar-refractivity contribution in [3.05, 3.63) is 45.8 Å². The topological polar surface area (TPSA) is 107 Å². The molecule has 0 radical (unpaired) electrons. The van der Waals surface area contributed by atoms with Crippen LogP contribution >= 0.6 is 0 Å². The Bertz CT molecular complexity index is 692. The Hall–Kier alpha value is -2.90. The third-order valence-electron chi connectivity index (χ3n) is 2.71. The van der Waals surface area contributed by atoms with Crippen LogP contribution in [0.5, 0.6) is 5.75 Å². The fraction of sp³-hybridized carbons (Fsp3) is 0.167. The standard InChI is InChI=1S/C12H11N3O5/c1-7-5-9(12(16)17)13-14(7)10-4-3-8(20-2)6-11(10)15(18)19/h3-6H,1-2H3,(H,16,17). The van der Waals surface area contributed by atoms with E-state index in [2.05, 4.69) is 5.10 Å². The number of carbonyl (C=O) groups is 1. The van der Waals surface area contributed by atoms with Crippen LogP contribution in [-0.4, -0.2) is 32.9 Å². The van der Waals surface area contributed by atoms with Crippen LogP contribution in [0.3, 0.4) is 0 Å². The number of nitrogens with zero attached hydrogens (tertiary/aromatic N) is 3. The lowest BCUT2D eigenvalue weighted by Gasteiger charge is -2.07. The summed E-state index contributed by atoms with van der Waals surface area (Å²) in [4.78, 5) is 21.4. The van der Waals surface area contributed by atoms with Gasteiger partial charge in [0.25, 0.3) is 5.69 Å². The van der Waals surface area contributed by atoms with Gasteiger partial charge in [0.05, 0.1) is 18.1 Å². The largest absolute Gasteiger partial charge is 0.496 e. The number of aromatic nitrogens is 2. The van der Waals surface area contributed by atoms with Gasteiger partial charge in [-0.1, -0.05) is 0 Å². The number of aryl methyl sites for hydroxylation is 1. The van der Waals surface area contributed by atoms with Crippen LogP contribution in [-0.2, 0) is 0 Å². The van der Waals surface area contributed by atoms with Crippen LogP contribution in [0.15, 0.2) is 24.3 Å². The zero-order valence-corrected chi connectivity index (χ0v) is 10.7. The van der Waals surface area contributed by atoms with Crippen molar-refractivity contribution in [2.24, 2.45) is 0 Å². The first-order valence-electron chi connectivity index (χ1n) is 5.57. The molecule has 0 spiro atoms. The van der Waals surface area contributed by atoms with E-state index in [1.807, 2.05) is 0 Å². The molecule has 0 aliphatic heterocycles. The molecule has 20 heavy (non-hydrogen) atoms. The van der Waals surface area contributed by atoms with Gasteiger partial charge in [-0.15, -0.1) is 0 Å². The fourth-order valence-electron chi connectivity index (χ4n) is 1.78. The van der Waals surface area contributed by atoms with Crippen molar-refractivity contribution in [1.29, 1.82) is 0 Å². The molecular weight excluding hydrogens is 266 g/mol. The molecule has 2 rings (SSSR count). The summed E-state index contributed by atoms with van der Waals surface area (Å²) in [6.45, 7) is 1.62. The van der Waals surface area contributed by atoms with E-state index < -0.39 is 10.9 Å². The quantitative estimate of drug-likeness (QED) is 0.674. The average molecular weight is 277 g/mol. The van der Waals surface area contributed by atoms with E-state index in [0.717, 1.165) is 0 Å². The van der Waals surface area contributed by atoms with Crippen LogP contribution in [0.2, 0.25) is 0 Å². The minimum absolute atomic E-state index is 0.174. The van der Waals surface area contributed by atoms with Gasteiger partial charge >= 0.3 is 5.97 Å². The number of rotatable bonds is 4. The number of benzene rings is 1. The molecule has 0 amide bonds. The monoisotopic (exact) mass is 277 g/mol. The lowest BCUT2D eigenvalue weighted by atomic mass is 10.2. The van der Waals surface area contributed by atoms with Gasteiger partial charge < -0.3 is 9.84 Å². The van der Waals surface area contributed by atoms with Gasteiger partial charge in [0.2, 0.25) is 0 Å². The Morgan fingerprint density at radius 2 is 2.15 bits per heavy atom. The molecule has 1 heterocycles. The van der Waals surface area contributed by atoms with Crippen molar-refractivity contribution in [3.63, 3.8) is 0 Å². The number of methoxy groups -OCH3 is 1. The lowest BCUT2D eigenvalue weighted by Crippen LogP contribution is -2.05. The minimum atomic E-state index is -1.19. The first-order valence-corrected chi connectivity index (χ1v) is 5.57. The molecule has 0 saturated heterocycles. The molecule has 0 saturated carbocycles. The number of nitro benzene ring substituents is 1. The predicted molar refractivity (Wildman–Crippen MR) is 68.5 cm³/mol. The summed E-state index contributed by atoms with van der Waals surface area (Å²) < 4.78 is 6.16. The van der Waals surface area contributed by atoms with E-state index in [0.29, 0.717) is 11.4 Å². The molecule has 2 aromatic rings. The second-order valence-corrected chi connectivity index (χ2v) is 4.00. The second-order valence-electron chi connectivity index (χ2n) is 4.00. The molecule has 0 aliphatic rings. The molecule has 0 unspecified atom stereocenters. The fourth-order valence-corrected chi connectivity index (χ4v) is 1.78. The molecule has 1 N–H and O–H groups in total. The SMILES string of the molecule is COc1ccc(-n2nc(C(=O)O)cc2C)c([N+](=O)[O-])c1. The molecule has 104 valence electrons. The first kappa shape index (κ1) is 13.5. The van der Waals surface area contributed by atoms with E-state index in [1.165, 1.54) is 30.0 Å². The molecule has 1 aromatic heterocycles. The van der Waals surface area contributed by atoms with Crippen molar-refractivity contribution < 1.29 is 19.6 Å². The Morgan fingerprint density at radius 3 is 2.65 bits per heavy atom. The Labute approximate surface area is 113 Å². The molecule has 1 aromatic carbocycles. The minimum Gasteiger partial charge on any atom is -0.496 e. The summed E-state index contributed by atoms with van der Waals surface area (Å²) in [7, 11) is 1.40. The van der Waals surface area contributed by atoms with Crippen molar-refractivity contribution in [2.45, 2.75) is 6.92 Å². The summed E-state index contributed by atoms with van der Waals surface area (Å²) in [5.74, 6) is -0.855. The number of hydrogen-bond donors (Lipinski definition) is 1. The van der Waals surface area contributed by atoms with Crippen LogP contribution in [0.25, 0.3) is 5.69 Å². The van der Waals surface area contributed by atoms with Crippen LogP contribution in [0.4, 0.5) is 5.69 Å². The maximum Gasteiger partial charge on any atom is 0.356 e. The van der Waals surface area contributed by atoms with Crippen molar-refractivity contribution in [3.8, 4) is 11.4 Å². The molecular formula is C12H11N3O5. The Kier molecular flexibility index (Phi) is 3.38. The smallest absolute Gasteiger partial charge is 0.356 e. The summed E-state index contributed by atoms with van der Waals surface area (Å²) in [6.07, 6.45) is 0. The maximum absolute atomic E-state index is 11.1. The highest BCUT2D eigenvalue weighted by atomic mass is 16.6. The average Bonchev–Trinajstić information content (AvgIpc) is 2.80. The first-order chi connectivity index (χ1) is 9.43. The maximum atomic E-state index is 11.1. The normalized spacial score (nSPS) is 10.3. The molecule has 8 nitrogen and oxygen atoms in total. The number of aromatic carboxylic acids is 1. The van der Waals surface area contributed by atoms with Gasteiger partial charge in [-0.2, -0.15) is 5.10 Å². The van der Waals surface area contributed by atoms with Crippen molar-refractivity contribution in [2.75, 3.05) is 7.11 Å². The van der Waals surface area contributed by atoms with E-state index in [9.17, 15) is 14.9 Å². The molecule has 0 bridgehead atoms. The summed E-state index contributed by atoms with van der Waals surface area (Å²) in [5, 5.41) is 23.9. The van der Waals surface area contributed by atoms with E-state index >= 15 is 0 Å². The van der Waals surface area contributed by atoms with Gasteiger partial charge in [0.1, 0.15) is 11.4 Å². The number of nitro groups is 1. The zero-order valence-electron chi connectivity index (χ0n) is 10.7. The number of carboxylic acid groups (broad SMARTS) is 1. The number of ether oxygens (including phenoxy) is 1. The van der Waals surface area contributed by atoms with Gasteiger partial charge in [0, 0.05) is 5.69 Å². The zero-order chi connectivity index (χ0) is 14.9. The Morgan fingerprint density at radius 1 is 1.45 bits per heavy atom. The van der Waals surface area contributed by atoms with Gasteiger partial charge in [0.15, 0.2) is 5.69 Å². The lowest BCUT2D eigenvalue weighted by molar-refractivity contribution is -0.384. The Balaban J connectivity index is 2.63. The molecule has 0 aliphatic carbocycles. The number of carboxylic acids is 1. The molecule has 0 atom stereocenters. The molecule has 0 fully saturated rings. The molecule has 8 heteroatoms. The highest BCUT2D eigenvalue weighted by molar-refractivity contribution is 5.85. The summed E-state index contributed by atoms with van der Waals surface area (Å²) >= 11 is 0. The van der Waals surface area contributed by atoms with Gasteiger partial charge in [-0.3, -0.25) is 10.1 Å². The second kappa shape index (κ2) is 5.00. The third kappa shape index (κ3) is 2.30. The number of hydrogen-bond acceptors (Lipinski definition) is 5. The highest BCUT2D eigenvalue weighted by Gasteiger charge is 2.20. The predicted octanol–water partition coefficient (Wildman–Crippen LogP) is 1.80. The van der Waals surface area contributed by atoms with E-state index in [1.54, 1.807) is 13.0 Å². The summed E-state index contributed by atoms with van der Waals surface area (Å²) in [5.41, 5.74) is 0.275. The van der Waals surface area contributed by atoms with Crippen molar-refractivity contribution in [1.82, 2.24) is 9.78 Å². The van der Waals surface area contributed by atoms with Crippen molar-refractivity contribution >= 4 is 11.7 Å². The van der Waals surface area contributed by atoms with Gasteiger partial charge in [-0.05, 0) is 25.1 Å². The van der Waals surface area contributed by atoms with E-state index in [-0.39, 0.29) is 17.1 Å². The van der Waals surface area contributed by atoms with E-state index in [4.69, 9.17) is 9.84 Å². The highest BCUT2D eigenvalue weighted by Crippen LogP contribution is 2.28. The summed E-state index contributed by atoms with van der Waals surface area (Å²) in [6, 6.07) is 5.61.